The van der Waals surface area contributed by atoms with E-state index < -0.39 is 5.91 Å². The molecule has 0 spiro atoms. The standard InChI is InChI=1S/C23H28N4O3/c1-30-18-9-7-15(8-10-18)19-20(21(24)28)26-22(25-19)16-11-13-27(14-12-16)23(29)17-5-3-2-4-6-17/h2-3,7-10,16-17H,4-6,11-14H2,1H3,(H2,24,28)(H,25,26)/t17-/m0/s1. The second kappa shape index (κ2) is 8.73. The average molecular weight is 409 g/mol. The highest BCUT2D eigenvalue weighted by Gasteiger charge is 2.30. The number of nitrogens with one attached hydrogen (secondary N) is 1. The molecule has 2 aromatic rings. The molecule has 3 N–H and O–H groups in total. The second-order valence-electron chi connectivity index (χ2n) is 8.02. The first kappa shape index (κ1) is 20.2. The van der Waals surface area contributed by atoms with Gasteiger partial charge in [-0.3, -0.25) is 9.59 Å². The molecule has 1 aromatic carbocycles. The molecule has 0 unspecified atom stereocenters. The predicted octanol–water partition coefficient (Wildman–Crippen LogP) is 3.25. The summed E-state index contributed by atoms with van der Waals surface area (Å²) in [5.74, 6) is 1.54. The lowest BCUT2D eigenvalue weighted by Gasteiger charge is -2.34. The number of aromatic nitrogens is 2. The first-order valence-corrected chi connectivity index (χ1v) is 10.5. The SMILES string of the molecule is COc1ccc(-c2nc(C3CCN(C(=O)[C@H]4CC=CCC4)CC3)[nH]c2C(N)=O)cc1. The highest BCUT2D eigenvalue weighted by molar-refractivity contribution is 5.97. The van der Waals surface area contributed by atoms with Crippen molar-refractivity contribution in [3.8, 4) is 17.0 Å². The number of nitrogens with two attached hydrogens (primary N) is 1. The summed E-state index contributed by atoms with van der Waals surface area (Å²) in [6.45, 7) is 1.43. The van der Waals surface area contributed by atoms with Gasteiger partial charge in [-0.25, -0.2) is 4.98 Å². The second-order valence-corrected chi connectivity index (χ2v) is 8.02. The van der Waals surface area contributed by atoms with Gasteiger partial charge in [-0.15, -0.1) is 0 Å². The Morgan fingerprint density at radius 2 is 1.87 bits per heavy atom. The number of nitrogens with zero attached hydrogens (tertiary/aromatic N) is 2. The van der Waals surface area contributed by atoms with Gasteiger partial charge in [0.25, 0.3) is 5.91 Å². The van der Waals surface area contributed by atoms with Crippen LogP contribution < -0.4 is 10.5 Å². The summed E-state index contributed by atoms with van der Waals surface area (Å²) in [6.07, 6.45) is 8.70. The molecule has 2 amide bonds. The number of hydrogen-bond donors (Lipinski definition) is 2. The Labute approximate surface area is 176 Å². The number of likely N-dealkylation sites (tertiary alicyclic amines) is 1. The fourth-order valence-electron chi connectivity index (χ4n) is 4.37. The van der Waals surface area contributed by atoms with Gasteiger partial charge in [0, 0.05) is 30.5 Å². The van der Waals surface area contributed by atoms with Gasteiger partial charge >= 0.3 is 0 Å². The van der Waals surface area contributed by atoms with E-state index in [2.05, 4.69) is 17.1 Å². The topological polar surface area (TPSA) is 101 Å². The summed E-state index contributed by atoms with van der Waals surface area (Å²) in [5.41, 5.74) is 7.30. The molecular formula is C23H28N4O3. The van der Waals surface area contributed by atoms with Gasteiger partial charge in [0.05, 0.1) is 7.11 Å². The van der Waals surface area contributed by atoms with Gasteiger partial charge in [-0.05, 0) is 56.4 Å². The molecule has 158 valence electrons. The molecule has 1 atom stereocenters. The van der Waals surface area contributed by atoms with Crippen LogP contribution in [-0.2, 0) is 4.79 Å². The van der Waals surface area contributed by atoms with E-state index in [4.69, 9.17) is 15.5 Å². The fraction of sp³-hybridized carbons (Fsp3) is 0.435. The normalized spacial score (nSPS) is 19.6. The minimum Gasteiger partial charge on any atom is -0.497 e. The van der Waals surface area contributed by atoms with E-state index in [0.717, 1.165) is 49.2 Å². The number of amides is 2. The van der Waals surface area contributed by atoms with Crippen LogP contribution in [0.15, 0.2) is 36.4 Å². The summed E-state index contributed by atoms with van der Waals surface area (Å²) >= 11 is 0. The molecular weight excluding hydrogens is 380 g/mol. The highest BCUT2D eigenvalue weighted by Crippen LogP contribution is 2.32. The highest BCUT2D eigenvalue weighted by atomic mass is 16.5. The number of carbonyl (C=O) groups excluding carboxylic acids is 2. The lowest BCUT2D eigenvalue weighted by atomic mass is 9.90. The average Bonchev–Trinajstić information content (AvgIpc) is 3.25. The molecule has 1 aliphatic heterocycles. The largest absolute Gasteiger partial charge is 0.497 e. The van der Waals surface area contributed by atoms with E-state index in [-0.39, 0.29) is 17.7 Å². The number of rotatable bonds is 5. The lowest BCUT2D eigenvalue weighted by Crippen LogP contribution is -2.41. The van der Waals surface area contributed by atoms with Crippen LogP contribution in [0.2, 0.25) is 0 Å². The molecule has 1 fully saturated rings. The number of aromatic amines is 1. The van der Waals surface area contributed by atoms with E-state index in [9.17, 15) is 9.59 Å². The van der Waals surface area contributed by atoms with Gasteiger partial charge in [-0.1, -0.05) is 12.2 Å². The Hall–Kier alpha value is -3.09. The molecule has 0 radical (unpaired) electrons. The number of methoxy groups -OCH3 is 1. The summed E-state index contributed by atoms with van der Waals surface area (Å²) in [7, 11) is 1.61. The number of benzene rings is 1. The fourth-order valence-corrected chi connectivity index (χ4v) is 4.37. The van der Waals surface area contributed by atoms with E-state index in [0.29, 0.717) is 24.5 Å². The zero-order chi connectivity index (χ0) is 21.1. The van der Waals surface area contributed by atoms with Gasteiger partial charge in [-0.2, -0.15) is 0 Å². The van der Waals surface area contributed by atoms with Crippen LogP contribution in [0.5, 0.6) is 5.75 Å². The minimum atomic E-state index is -0.530. The molecule has 1 saturated heterocycles. The van der Waals surface area contributed by atoms with Gasteiger partial charge in [0.15, 0.2) is 0 Å². The maximum absolute atomic E-state index is 12.8. The predicted molar refractivity (Wildman–Crippen MR) is 114 cm³/mol. The van der Waals surface area contributed by atoms with Crippen molar-refractivity contribution in [1.29, 1.82) is 0 Å². The van der Waals surface area contributed by atoms with Crippen molar-refractivity contribution in [2.45, 2.75) is 38.0 Å². The molecule has 1 aliphatic carbocycles. The molecule has 2 aliphatic rings. The van der Waals surface area contributed by atoms with Crippen LogP contribution in [0.4, 0.5) is 0 Å². The van der Waals surface area contributed by atoms with Crippen LogP contribution in [0.25, 0.3) is 11.3 Å². The number of ether oxygens (including phenoxy) is 1. The number of carbonyl (C=O) groups is 2. The zero-order valence-corrected chi connectivity index (χ0v) is 17.3. The number of hydrogen-bond acceptors (Lipinski definition) is 4. The summed E-state index contributed by atoms with van der Waals surface area (Å²) in [6, 6.07) is 7.40. The number of primary amides is 1. The quantitative estimate of drug-likeness (QED) is 0.742. The molecule has 7 heteroatoms. The number of H-pyrrole nitrogens is 1. The van der Waals surface area contributed by atoms with Crippen molar-refractivity contribution >= 4 is 11.8 Å². The van der Waals surface area contributed by atoms with Crippen LogP contribution in [0.1, 0.15) is 54.3 Å². The van der Waals surface area contributed by atoms with Crippen molar-refractivity contribution in [3.63, 3.8) is 0 Å². The third-order valence-corrected chi connectivity index (χ3v) is 6.14. The summed E-state index contributed by atoms with van der Waals surface area (Å²) < 4.78 is 5.20. The zero-order valence-electron chi connectivity index (χ0n) is 17.3. The molecule has 2 heterocycles. The Morgan fingerprint density at radius 3 is 2.47 bits per heavy atom. The van der Waals surface area contributed by atoms with Crippen LogP contribution in [-0.4, -0.2) is 46.9 Å². The van der Waals surface area contributed by atoms with Crippen molar-refractivity contribution in [2.75, 3.05) is 20.2 Å². The van der Waals surface area contributed by atoms with E-state index in [1.165, 1.54) is 0 Å². The Morgan fingerprint density at radius 1 is 1.13 bits per heavy atom. The first-order chi connectivity index (χ1) is 14.6. The third kappa shape index (κ3) is 4.10. The molecule has 4 rings (SSSR count). The van der Waals surface area contributed by atoms with E-state index >= 15 is 0 Å². The van der Waals surface area contributed by atoms with Gasteiger partial charge < -0.3 is 20.4 Å². The van der Waals surface area contributed by atoms with Crippen molar-refractivity contribution in [1.82, 2.24) is 14.9 Å². The first-order valence-electron chi connectivity index (χ1n) is 10.5. The van der Waals surface area contributed by atoms with Gasteiger partial charge in [0.1, 0.15) is 23.0 Å². The Balaban J connectivity index is 1.47. The van der Waals surface area contributed by atoms with Crippen LogP contribution in [0, 0.1) is 5.92 Å². The van der Waals surface area contributed by atoms with Crippen molar-refractivity contribution < 1.29 is 14.3 Å². The Kier molecular flexibility index (Phi) is 5.88. The van der Waals surface area contributed by atoms with Crippen molar-refractivity contribution in [3.05, 3.63) is 47.9 Å². The van der Waals surface area contributed by atoms with Crippen LogP contribution >= 0.6 is 0 Å². The molecule has 0 bridgehead atoms. The van der Waals surface area contributed by atoms with E-state index in [1.807, 2.05) is 29.2 Å². The molecule has 30 heavy (non-hydrogen) atoms. The summed E-state index contributed by atoms with van der Waals surface area (Å²) in [4.78, 5) is 34.7. The monoisotopic (exact) mass is 408 g/mol. The molecule has 7 nitrogen and oxygen atoms in total. The maximum Gasteiger partial charge on any atom is 0.267 e. The van der Waals surface area contributed by atoms with E-state index in [1.54, 1.807) is 7.11 Å². The van der Waals surface area contributed by atoms with Crippen molar-refractivity contribution in [2.24, 2.45) is 11.7 Å². The van der Waals surface area contributed by atoms with Crippen LogP contribution in [0.3, 0.4) is 0 Å². The van der Waals surface area contributed by atoms with Gasteiger partial charge in [0.2, 0.25) is 5.91 Å². The molecule has 1 aromatic heterocycles. The number of piperidine rings is 1. The smallest absolute Gasteiger partial charge is 0.267 e. The summed E-state index contributed by atoms with van der Waals surface area (Å²) in [5, 5.41) is 0. The Bertz CT molecular complexity index is 940. The number of imidazole rings is 1. The minimum absolute atomic E-state index is 0.123. The lowest BCUT2D eigenvalue weighted by molar-refractivity contribution is -0.136. The maximum atomic E-state index is 12.8. The third-order valence-electron chi connectivity index (χ3n) is 6.14. The number of allylic oxidation sites excluding steroid dienone is 2. The molecule has 0 saturated carbocycles.